The molecule has 11 aromatic rings. The molecule has 3 radical (unpaired) electrons. The molecule has 3 fully saturated rings. The number of carbonyl (C=O) groups excluding carboxylic acids is 6. The van der Waals surface area contributed by atoms with Crippen LogP contribution in [-0.4, -0.2) is 182 Å². The van der Waals surface area contributed by atoms with Crippen molar-refractivity contribution < 1.29 is 123 Å². The number of alkyl halides is 6. The average Bonchev–Trinajstić information content (AvgIpc) is 0.763. The Morgan fingerprint density at radius 1 is 0.490 bits per heavy atom. The van der Waals surface area contributed by atoms with Crippen LogP contribution in [0.25, 0.3) is 49.8 Å². The summed E-state index contributed by atoms with van der Waals surface area (Å²) in [6, 6.07) is 49.4. The van der Waals surface area contributed by atoms with Gasteiger partial charge in [0.15, 0.2) is 0 Å². The van der Waals surface area contributed by atoms with Crippen LogP contribution in [0.3, 0.4) is 0 Å². The summed E-state index contributed by atoms with van der Waals surface area (Å²) in [6.07, 6.45) is -3.10. The zero-order chi connectivity index (χ0) is 104. The average molecular weight is 2020 g/mol. The van der Waals surface area contributed by atoms with Crippen molar-refractivity contribution in [2.24, 2.45) is 23.5 Å². The summed E-state index contributed by atoms with van der Waals surface area (Å²) in [5.41, 5.74) is 6.76. The number of aromatic nitrogens is 6. The van der Waals surface area contributed by atoms with E-state index in [-0.39, 0.29) is 96.6 Å². The van der Waals surface area contributed by atoms with Crippen LogP contribution in [0.1, 0.15) is 200 Å². The summed E-state index contributed by atoms with van der Waals surface area (Å²) in [4.78, 5) is 135. The number of nitrogens with zero attached hydrogens (tertiary/aromatic N) is 10. The number of rotatable bonds is 26. The summed E-state index contributed by atoms with van der Waals surface area (Å²) in [5, 5.41) is 13.4. The Morgan fingerprint density at radius 2 is 0.811 bits per heavy atom. The number of carboxylic acids is 1. The Bertz CT molecular complexity index is 6140. The number of carboxylic acid groups (broad SMARTS) is 1. The van der Waals surface area contributed by atoms with Crippen molar-refractivity contribution in [3.05, 3.63) is 264 Å². The minimum absolute atomic E-state index is 0. The van der Waals surface area contributed by atoms with Gasteiger partial charge in [0.05, 0.1) is 105 Å². The van der Waals surface area contributed by atoms with Crippen molar-refractivity contribution in [1.82, 2.24) is 53.6 Å². The minimum Gasteiger partial charge on any atom is -0.550 e. The summed E-state index contributed by atoms with van der Waals surface area (Å²) >= 11 is 5.00. The van der Waals surface area contributed by atoms with E-state index < -0.39 is 70.2 Å². The third-order valence-corrected chi connectivity index (χ3v) is 23.8. The predicted molar refractivity (Wildman–Crippen MR) is 530 cm³/mol. The molecule has 14 rings (SSSR count). The molecule has 0 aliphatic carbocycles. The first-order valence-corrected chi connectivity index (χ1v) is 47.4. The number of para-hydroxylation sites is 3. The number of aldehydes is 1. The number of carbonyl (C=O) groups is 6. The van der Waals surface area contributed by atoms with Gasteiger partial charge in [0.25, 0.3) is 16.7 Å². The first-order valence-electron chi connectivity index (χ1n) is 47.0. The molecule has 3 aromatic heterocycles. The second-order valence-corrected chi connectivity index (χ2v) is 35.4. The van der Waals surface area contributed by atoms with Crippen LogP contribution in [0, 0.1) is 29.4 Å². The Balaban J connectivity index is 0.000000283. The van der Waals surface area contributed by atoms with E-state index in [1.165, 1.54) is 23.5 Å². The predicted octanol–water partition coefficient (Wildman–Crippen LogP) is 14.4. The maximum absolute atomic E-state index is 14.1. The van der Waals surface area contributed by atoms with E-state index >= 15 is 0 Å². The summed E-state index contributed by atoms with van der Waals surface area (Å²) in [7, 11) is 0. The van der Waals surface area contributed by atoms with E-state index in [4.69, 9.17) is 51.4 Å². The molecule has 0 spiro atoms. The van der Waals surface area contributed by atoms with Crippen molar-refractivity contribution in [2.75, 3.05) is 72.2 Å². The van der Waals surface area contributed by atoms with E-state index in [0.717, 1.165) is 145 Å². The second kappa shape index (κ2) is 57.8. The third-order valence-electron chi connectivity index (χ3n) is 23.6. The molecule has 3 aliphatic rings. The van der Waals surface area contributed by atoms with E-state index in [1.807, 2.05) is 119 Å². The van der Waals surface area contributed by atoms with Crippen molar-refractivity contribution in [3.63, 3.8) is 0 Å². The van der Waals surface area contributed by atoms with Crippen LogP contribution >= 0.6 is 11.6 Å². The van der Waals surface area contributed by atoms with Crippen LogP contribution in [-0.2, 0) is 63.7 Å². The molecule has 143 heavy (non-hydrogen) atoms. The molecule has 6 heterocycles. The maximum Gasteiger partial charge on any atom is 1.00 e. The molecule has 3 N–H and O–H groups in total. The molecule has 0 bridgehead atoms. The van der Waals surface area contributed by atoms with E-state index in [0.29, 0.717) is 125 Å². The number of nitrogens with two attached hydrogens (primary N) is 1. The van der Waals surface area contributed by atoms with Crippen molar-refractivity contribution in [3.8, 4) is 34.3 Å². The number of likely N-dealkylation sites (tertiary alicyclic amines) is 3. The number of benzene rings is 8. The molecule has 1 amide bonds. The van der Waals surface area contributed by atoms with Crippen LogP contribution in [0.5, 0.6) is 17.2 Å². The summed E-state index contributed by atoms with van der Waals surface area (Å²) in [5.74, 6) is -0.659. The molecule has 3 saturated heterocycles. The fourth-order valence-electron chi connectivity index (χ4n) is 16.2. The number of aliphatic carboxylic acids is 1. The van der Waals surface area contributed by atoms with Gasteiger partial charge in [0.1, 0.15) is 52.6 Å². The largest absolute Gasteiger partial charge is 1.00 e. The van der Waals surface area contributed by atoms with Gasteiger partial charge in [-0.2, -0.15) is 26.3 Å². The molecule has 763 valence electrons. The zero-order valence-electron chi connectivity index (χ0n) is 83.7. The monoisotopic (exact) mass is 2020 g/mol. The van der Waals surface area contributed by atoms with Crippen molar-refractivity contribution in [2.45, 2.75) is 204 Å². The number of hydrogen-bond acceptors (Lipinski definition) is 23. The standard InChI is InChI=1S/C36H40F4N4O3.C27H36N4O2.C18H19N3O2.C9H5ClF4O.C9H17NO.C4H6O4.C2H4O2.B.Na/c1-5-47-28-13-11-27(12-14-28)44-34(41-32-9-7-6-8-29(32)35(44)46)24(4)43(22-25-16-18-42(19-17-25)23(2)3)33(45)21-26-10-15-31(37)30(20-26)36(38,39)40;1-5-33-23-12-10-22(11-13-23)31-26(29-25-9-7-6-8-24(25)27(31)32)20(4)28-18-21-14-16-30(17-15-21)19(2)3;1-3-23-14-10-8-13(9-11-14)21-17(12(2)19)20-16-7-5-4-6-15(16)18(21)22;10-8(15)4-5-1-2-7(11)6(3-5)9(12,13)14;1-8(2)10-5-3-9(7-11)4-6-10;1-3(5)7-8-4(2)6;1-2(3)4;;/h6-15,20,23-25H,5,16-19,21-22H2,1-4H3;6-13,19-21,28H,5,14-18H2,1-4H3;4-12H,3,19H2,1-2H3;1-3H,4H2;7-9H,3-6H2,1-2H3;1-2H3;1H3,(H,3,4);;/q;;;;;;;;+1/p-1/t24-;20-;12-;;;;;;/m111....../s1. The first-order chi connectivity index (χ1) is 66.9. The molecule has 0 unspecified atom stereocenters. The fourth-order valence-corrected chi connectivity index (χ4v) is 16.4. The normalized spacial score (nSPS) is 14.3. The molecule has 8 aromatic carbocycles. The molecular weight excluding hydrogens is 1890 g/mol. The van der Waals surface area contributed by atoms with Gasteiger partial charge < -0.3 is 59.6 Å². The van der Waals surface area contributed by atoms with Gasteiger partial charge in [-0.15, -0.1) is 0 Å². The van der Waals surface area contributed by atoms with Crippen molar-refractivity contribution in [1.29, 1.82) is 0 Å². The van der Waals surface area contributed by atoms with Gasteiger partial charge in [0.2, 0.25) is 11.1 Å². The SMILES string of the molecule is CC(=O)OOC(C)=O.CC(=O)[O-].CC(C)N1CCC(C=O)CC1.CCOc1ccc(-n2c([C@@H](C)N(CC3CCN(C(C)C)CC3)C(=O)Cc3ccc(F)c(C(F)(F)F)c3)nc3ccccc3c2=O)cc1.CCOc1ccc(-n2c([C@@H](C)N)nc3ccccc3c2=O)cc1.CCOc1ccc(-n2c([C@@H](C)NCC3CCN(C(C)C)CC3)nc3ccccc3c2=O)cc1.O=C(Cl)Cc1ccc(F)c(C(F)(F)F)c1.[B].[Na+]. The van der Waals surface area contributed by atoms with Gasteiger partial charge in [-0.1, -0.05) is 48.5 Å². The van der Waals surface area contributed by atoms with Crippen molar-refractivity contribution >= 4 is 88.1 Å². The number of piperidine rings is 3. The van der Waals surface area contributed by atoms with Gasteiger partial charge in [0, 0.05) is 65.2 Å². The Morgan fingerprint density at radius 3 is 1.14 bits per heavy atom. The van der Waals surface area contributed by atoms with Gasteiger partial charge >= 0.3 is 53.8 Å². The number of fused-ring (bicyclic) bond motifs is 3. The Kier molecular flexibility index (Phi) is 48.5. The molecule has 38 heteroatoms. The van der Waals surface area contributed by atoms with Crippen LogP contribution in [0.2, 0.25) is 0 Å². The van der Waals surface area contributed by atoms with E-state index in [2.05, 4.69) is 83.2 Å². The second-order valence-electron chi connectivity index (χ2n) is 35.0. The van der Waals surface area contributed by atoms with Crippen LogP contribution < -0.4 is 76.6 Å². The minimum atomic E-state index is -4.90. The summed E-state index contributed by atoms with van der Waals surface area (Å²) < 4.78 is 125. The quantitative estimate of drug-likeness (QED) is 0.0127. The van der Waals surface area contributed by atoms with Gasteiger partial charge in [-0.3, -0.25) is 37.7 Å². The topological polar surface area (TPSA) is 327 Å². The molecule has 0 saturated carbocycles. The summed E-state index contributed by atoms with van der Waals surface area (Å²) in [6.45, 7) is 37.1. The molecular formula is C105H126BClF8N12NaO15. The fraction of sp³-hybridized carbons (Fsp3) is 0.429. The smallest absolute Gasteiger partial charge is 0.550 e. The zero-order valence-corrected chi connectivity index (χ0v) is 86.4. The number of amides is 1. The first kappa shape index (κ1) is 120. The third kappa shape index (κ3) is 36.0. The Labute approximate surface area is 856 Å². The Hall–Kier alpha value is -11.6. The maximum atomic E-state index is 14.1. The number of nitrogens with one attached hydrogen (secondary N) is 1. The van der Waals surface area contributed by atoms with E-state index in [9.17, 15) is 73.5 Å². The van der Waals surface area contributed by atoms with Gasteiger partial charge in [-0.05, 0) is 342 Å². The van der Waals surface area contributed by atoms with E-state index in [1.54, 1.807) is 75.6 Å². The van der Waals surface area contributed by atoms with Crippen LogP contribution in [0.4, 0.5) is 35.1 Å². The molecule has 27 nitrogen and oxygen atoms in total. The molecule has 3 aliphatic heterocycles. The number of halogens is 9. The number of hydrogen-bond donors (Lipinski definition) is 2. The number of ether oxygens (including phenoxy) is 3. The van der Waals surface area contributed by atoms with Crippen LogP contribution in [0.15, 0.2) is 196 Å². The van der Waals surface area contributed by atoms with Gasteiger partial charge in [-0.25, -0.2) is 43.1 Å². The molecule has 3 atom stereocenters.